The molecular weight excluding hydrogens is 361 g/mol. The summed E-state index contributed by atoms with van der Waals surface area (Å²) < 4.78 is 1.00. The third-order valence-corrected chi connectivity index (χ3v) is 4.44. The molecule has 0 heterocycles. The van der Waals surface area contributed by atoms with Crippen LogP contribution in [-0.4, -0.2) is 5.91 Å². The summed E-state index contributed by atoms with van der Waals surface area (Å²) in [5, 5.41) is 3.84. The van der Waals surface area contributed by atoms with Crippen LogP contribution in [-0.2, 0) is 11.2 Å². The summed E-state index contributed by atoms with van der Waals surface area (Å²) in [4.78, 5) is 12.0. The van der Waals surface area contributed by atoms with E-state index in [-0.39, 0.29) is 12.3 Å². The normalized spacial score (nSPS) is 10.4. The second kappa shape index (κ2) is 6.61. The molecule has 1 amide bonds. The molecule has 0 spiro atoms. The summed E-state index contributed by atoms with van der Waals surface area (Å²) in [6.07, 6.45) is 0.146. The predicted molar refractivity (Wildman–Crippen MR) is 87.7 cm³/mol. The number of benzene rings is 2. The molecule has 5 heteroatoms. The summed E-state index contributed by atoms with van der Waals surface area (Å²) in [6, 6.07) is 10.8. The number of hydrogen-bond acceptors (Lipinski definition) is 1. The van der Waals surface area contributed by atoms with Gasteiger partial charge in [-0.3, -0.25) is 4.79 Å². The summed E-state index contributed by atoms with van der Waals surface area (Å²) in [5.74, 6) is -0.151. The molecule has 0 saturated carbocycles. The van der Waals surface area contributed by atoms with E-state index in [1.807, 2.05) is 25.1 Å². The van der Waals surface area contributed by atoms with Crippen LogP contribution in [0.3, 0.4) is 0 Å². The van der Waals surface area contributed by atoms with Crippen LogP contribution in [0.25, 0.3) is 0 Å². The van der Waals surface area contributed by atoms with E-state index in [2.05, 4.69) is 21.2 Å². The molecule has 20 heavy (non-hydrogen) atoms. The van der Waals surface area contributed by atoms with Gasteiger partial charge < -0.3 is 5.32 Å². The van der Waals surface area contributed by atoms with Gasteiger partial charge in [0.15, 0.2) is 0 Å². The van der Waals surface area contributed by atoms with Gasteiger partial charge in [-0.1, -0.05) is 45.2 Å². The molecule has 2 aromatic carbocycles. The van der Waals surface area contributed by atoms with Crippen molar-refractivity contribution in [1.82, 2.24) is 0 Å². The second-order valence-corrected chi connectivity index (χ2v) is 6.06. The topological polar surface area (TPSA) is 29.1 Å². The number of carbonyl (C=O) groups excluding carboxylic acids is 1. The number of hydrogen-bond donors (Lipinski definition) is 1. The minimum Gasteiger partial charge on any atom is -0.326 e. The first-order valence-electron chi connectivity index (χ1n) is 5.96. The lowest BCUT2D eigenvalue weighted by atomic mass is 10.1. The molecule has 0 unspecified atom stereocenters. The maximum absolute atomic E-state index is 12.0. The van der Waals surface area contributed by atoms with Gasteiger partial charge in [-0.25, -0.2) is 0 Å². The lowest BCUT2D eigenvalue weighted by molar-refractivity contribution is -0.115. The van der Waals surface area contributed by atoms with Crippen LogP contribution >= 0.6 is 39.1 Å². The quantitative estimate of drug-likeness (QED) is 0.783. The fourth-order valence-electron chi connectivity index (χ4n) is 1.79. The van der Waals surface area contributed by atoms with Crippen LogP contribution in [0.2, 0.25) is 10.0 Å². The van der Waals surface area contributed by atoms with Crippen molar-refractivity contribution in [2.45, 2.75) is 13.3 Å². The van der Waals surface area contributed by atoms with Gasteiger partial charge in [0, 0.05) is 20.2 Å². The predicted octanol–water partition coefficient (Wildman–Crippen LogP) is 5.25. The maximum atomic E-state index is 12.0. The Kier molecular flexibility index (Phi) is 5.08. The number of carbonyl (C=O) groups is 1. The van der Waals surface area contributed by atoms with Crippen LogP contribution in [0.15, 0.2) is 40.9 Å². The van der Waals surface area contributed by atoms with Gasteiger partial charge >= 0.3 is 0 Å². The van der Waals surface area contributed by atoms with Crippen molar-refractivity contribution in [1.29, 1.82) is 0 Å². The van der Waals surface area contributed by atoms with Crippen LogP contribution < -0.4 is 5.32 Å². The molecule has 1 N–H and O–H groups in total. The minimum absolute atomic E-state index is 0.146. The highest BCUT2D eigenvalue weighted by Crippen LogP contribution is 2.25. The van der Waals surface area contributed by atoms with Crippen molar-refractivity contribution in [2.75, 3.05) is 5.32 Å². The molecule has 0 radical (unpaired) electrons. The molecule has 0 aliphatic heterocycles. The zero-order valence-corrected chi connectivity index (χ0v) is 13.8. The van der Waals surface area contributed by atoms with E-state index >= 15 is 0 Å². The van der Waals surface area contributed by atoms with Gasteiger partial charge in [-0.05, 0) is 48.4 Å². The Hall–Kier alpha value is -1.03. The Bertz CT molecular complexity index is 638. The van der Waals surface area contributed by atoms with Crippen LogP contribution in [0, 0.1) is 6.92 Å². The number of aryl methyl sites for hydroxylation is 1. The molecule has 2 nitrogen and oxygen atoms in total. The first-order chi connectivity index (χ1) is 9.47. The van der Waals surface area contributed by atoms with E-state index in [0.717, 1.165) is 15.7 Å². The first-order valence-corrected chi connectivity index (χ1v) is 7.51. The Labute approximate surface area is 136 Å². The zero-order valence-electron chi connectivity index (χ0n) is 10.7. The van der Waals surface area contributed by atoms with E-state index in [9.17, 15) is 4.79 Å². The Morgan fingerprint density at radius 1 is 1.20 bits per heavy atom. The molecule has 0 aliphatic carbocycles. The number of amides is 1. The van der Waals surface area contributed by atoms with Crippen molar-refractivity contribution in [2.24, 2.45) is 0 Å². The highest BCUT2D eigenvalue weighted by atomic mass is 79.9. The van der Waals surface area contributed by atoms with Gasteiger partial charge in [0.2, 0.25) is 5.91 Å². The van der Waals surface area contributed by atoms with Crippen molar-refractivity contribution < 1.29 is 4.79 Å². The van der Waals surface area contributed by atoms with E-state index < -0.39 is 0 Å². The molecule has 2 rings (SSSR count). The zero-order chi connectivity index (χ0) is 14.7. The third-order valence-electron chi connectivity index (χ3n) is 2.84. The molecule has 0 saturated heterocycles. The van der Waals surface area contributed by atoms with E-state index in [4.69, 9.17) is 23.2 Å². The molecular formula is C15H12BrCl2NO. The third kappa shape index (κ3) is 3.75. The van der Waals surface area contributed by atoms with E-state index in [1.165, 1.54) is 0 Å². The monoisotopic (exact) mass is 371 g/mol. The molecule has 0 fully saturated rings. The molecule has 104 valence electrons. The van der Waals surface area contributed by atoms with Gasteiger partial charge in [0.1, 0.15) is 0 Å². The van der Waals surface area contributed by atoms with E-state index in [1.54, 1.807) is 18.2 Å². The van der Waals surface area contributed by atoms with Crippen molar-refractivity contribution in [3.05, 3.63) is 62.0 Å². The molecule has 0 aromatic heterocycles. The number of rotatable bonds is 3. The molecule has 0 atom stereocenters. The Morgan fingerprint density at radius 2 is 1.85 bits per heavy atom. The average Bonchev–Trinajstić information content (AvgIpc) is 2.38. The molecule has 0 bridgehead atoms. The first kappa shape index (κ1) is 15.4. The summed E-state index contributed by atoms with van der Waals surface area (Å²) in [6.45, 7) is 1.96. The smallest absolute Gasteiger partial charge is 0.228 e. The fraction of sp³-hybridized carbons (Fsp3) is 0.133. The molecule has 0 aliphatic rings. The highest BCUT2D eigenvalue weighted by Gasteiger charge is 2.11. The second-order valence-electron chi connectivity index (χ2n) is 4.39. The van der Waals surface area contributed by atoms with Crippen LogP contribution in [0.1, 0.15) is 11.1 Å². The summed E-state index contributed by atoms with van der Waals surface area (Å²) in [7, 11) is 0. The number of anilines is 1. The van der Waals surface area contributed by atoms with Crippen LogP contribution in [0.5, 0.6) is 0 Å². The highest BCUT2D eigenvalue weighted by molar-refractivity contribution is 9.10. The number of halogens is 3. The maximum Gasteiger partial charge on any atom is 0.228 e. The minimum atomic E-state index is -0.151. The van der Waals surface area contributed by atoms with Crippen LogP contribution in [0.4, 0.5) is 5.69 Å². The lowest BCUT2D eigenvalue weighted by Crippen LogP contribution is -2.15. The van der Waals surface area contributed by atoms with Crippen molar-refractivity contribution in [3.63, 3.8) is 0 Å². The average molecular weight is 373 g/mol. The van der Waals surface area contributed by atoms with Gasteiger partial charge in [0.25, 0.3) is 0 Å². The van der Waals surface area contributed by atoms with Gasteiger partial charge in [-0.2, -0.15) is 0 Å². The Balaban J connectivity index is 2.11. The standard InChI is InChI=1S/C15H12BrCl2NO/c1-9-7-10(5-6-12(9)16)19-15(20)8-11-13(17)3-2-4-14(11)18/h2-7H,8H2,1H3,(H,19,20). The lowest BCUT2D eigenvalue weighted by Gasteiger charge is -2.09. The van der Waals surface area contributed by atoms with Crippen molar-refractivity contribution >= 4 is 50.7 Å². The number of nitrogens with one attached hydrogen (secondary N) is 1. The van der Waals surface area contributed by atoms with Crippen molar-refractivity contribution in [3.8, 4) is 0 Å². The van der Waals surface area contributed by atoms with Gasteiger partial charge in [-0.15, -0.1) is 0 Å². The SMILES string of the molecule is Cc1cc(NC(=O)Cc2c(Cl)cccc2Cl)ccc1Br. The van der Waals surface area contributed by atoms with E-state index in [0.29, 0.717) is 15.6 Å². The molecule has 2 aromatic rings. The Morgan fingerprint density at radius 3 is 2.45 bits per heavy atom. The fourth-order valence-corrected chi connectivity index (χ4v) is 2.57. The van der Waals surface area contributed by atoms with Gasteiger partial charge in [0.05, 0.1) is 6.42 Å². The summed E-state index contributed by atoms with van der Waals surface area (Å²) in [5.41, 5.74) is 2.44. The largest absolute Gasteiger partial charge is 0.326 e. The summed E-state index contributed by atoms with van der Waals surface area (Å²) >= 11 is 15.5.